The van der Waals surface area contributed by atoms with Gasteiger partial charge in [-0.3, -0.25) is 0 Å². The van der Waals surface area contributed by atoms with E-state index in [9.17, 15) is 0 Å². The summed E-state index contributed by atoms with van der Waals surface area (Å²) in [7, 11) is 0. The van der Waals surface area contributed by atoms with Crippen molar-refractivity contribution in [3.63, 3.8) is 0 Å². The molecule has 0 fully saturated rings. The Hall–Kier alpha value is -7.42. The van der Waals surface area contributed by atoms with E-state index < -0.39 is 0 Å². The molecule has 0 bridgehead atoms. The molecule has 59 heavy (non-hydrogen) atoms. The zero-order chi connectivity index (χ0) is 39.5. The monoisotopic (exact) mass is 752 g/mol. The molecule has 2 heteroatoms. The minimum atomic E-state index is -0.0811. The summed E-state index contributed by atoms with van der Waals surface area (Å²) in [6.45, 7) is 4.71. The molecular formula is C57H40N2. The molecule has 278 valence electrons. The number of benzene rings is 9. The molecule has 0 saturated carbocycles. The van der Waals surface area contributed by atoms with Crippen molar-refractivity contribution >= 4 is 21.5 Å². The van der Waals surface area contributed by atoms with Crippen molar-refractivity contribution in [2.75, 3.05) is 0 Å². The Morgan fingerprint density at radius 3 is 1.58 bits per heavy atom. The van der Waals surface area contributed by atoms with E-state index in [0.29, 0.717) is 5.82 Å². The van der Waals surface area contributed by atoms with E-state index in [1.807, 2.05) is 6.07 Å². The lowest BCUT2D eigenvalue weighted by atomic mass is 9.81. The first-order valence-corrected chi connectivity index (χ1v) is 20.4. The molecule has 0 aliphatic heterocycles. The number of hydrogen-bond acceptors (Lipinski definition) is 2. The summed E-state index contributed by atoms with van der Waals surface area (Å²) in [5.41, 5.74) is 17.3. The van der Waals surface area contributed by atoms with Crippen LogP contribution in [-0.4, -0.2) is 9.97 Å². The fraction of sp³-hybridized carbons (Fsp3) is 0.0526. The molecule has 0 amide bonds. The second kappa shape index (κ2) is 13.9. The Bertz CT molecular complexity index is 3220. The van der Waals surface area contributed by atoms with Crippen LogP contribution >= 0.6 is 0 Å². The van der Waals surface area contributed by atoms with Crippen LogP contribution in [0.1, 0.15) is 25.0 Å². The van der Waals surface area contributed by atoms with Gasteiger partial charge in [0.05, 0.1) is 11.4 Å². The summed E-state index contributed by atoms with van der Waals surface area (Å²) >= 11 is 0. The minimum absolute atomic E-state index is 0.0811. The van der Waals surface area contributed by atoms with Gasteiger partial charge in [0.1, 0.15) is 0 Å². The SMILES string of the molecule is CC1(C)c2ccc(-c3ccc(-c4nc(-c5ccccc5)cc(-c5ccccc5-c5ccc(-c6ccccc6)cc5)n4)c4ccccc34)cc2-c2cc3ccccc3cc21. The van der Waals surface area contributed by atoms with E-state index in [2.05, 4.69) is 214 Å². The Balaban J connectivity index is 1.05. The molecular weight excluding hydrogens is 713 g/mol. The lowest BCUT2D eigenvalue weighted by molar-refractivity contribution is 0.661. The normalized spacial score (nSPS) is 12.7. The van der Waals surface area contributed by atoms with Crippen LogP contribution in [0.4, 0.5) is 0 Å². The molecule has 0 atom stereocenters. The maximum Gasteiger partial charge on any atom is 0.161 e. The summed E-state index contributed by atoms with van der Waals surface area (Å²) in [5, 5.41) is 4.86. The topological polar surface area (TPSA) is 25.8 Å². The van der Waals surface area contributed by atoms with Gasteiger partial charge in [0.15, 0.2) is 5.82 Å². The molecule has 11 rings (SSSR count). The van der Waals surface area contributed by atoms with E-state index in [0.717, 1.165) is 44.6 Å². The van der Waals surface area contributed by atoms with Gasteiger partial charge in [-0.25, -0.2) is 9.97 Å². The maximum atomic E-state index is 5.41. The standard InChI is InChI=1S/C57H40N2/c1-57(2)52-32-29-43(34-50(52)51-33-41-19-9-10-20-42(41)35-53(51)57)45-30-31-49(47-23-13-12-22-46(45)47)56-58-54(40-17-7-4-8-18-40)36-55(59-56)48-24-14-11-21-44(48)39-27-25-38(26-28-39)37-15-5-3-6-16-37/h3-36H,1-2H3. The molecule has 0 N–H and O–H groups in total. The molecule has 1 aliphatic carbocycles. The molecule has 10 aromatic rings. The fourth-order valence-corrected chi connectivity index (χ4v) is 9.24. The first-order chi connectivity index (χ1) is 29.0. The van der Waals surface area contributed by atoms with E-state index in [-0.39, 0.29) is 5.41 Å². The van der Waals surface area contributed by atoms with E-state index in [1.54, 1.807) is 0 Å². The highest BCUT2D eigenvalue weighted by Gasteiger charge is 2.36. The average Bonchev–Trinajstić information content (AvgIpc) is 3.52. The van der Waals surface area contributed by atoms with Crippen LogP contribution in [0.15, 0.2) is 206 Å². The predicted octanol–water partition coefficient (Wildman–Crippen LogP) is 15.1. The van der Waals surface area contributed by atoms with Crippen molar-refractivity contribution in [3.05, 3.63) is 217 Å². The van der Waals surface area contributed by atoms with Crippen LogP contribution in [0, 0.1) is 0 Å². The number of fused-ring (bicyclic) bond motifs is 5. The van der Waals surface area contributed by atoms with Crippen LogP contribution < -0.4 is 0 Å². The smallest absolute Gasteiger partial charge is 0.161 e. The van der Waals surface area contributed by atoms with Crippen LogP contribution in [0.2, 0.25) is 0 Å². The third-order valence-electron chi connectivity index (χ3n) is 12.3. The van der Waals surface area contributed by atoms with Crippen LogP contribution in [-0.2, 0) is 5.41 Å². The summed E-state index contributed by atoms with van der Waals surface area (Å²) in [6.07, 6.45) is 0. The van der Waals surface area contributed by atoms with Gasteiger partial charge in [0.25, 0.3) is 0 Å². The molecule has 2 nitrogen and oxygen atoms in total. The fourth-order valence-electron chi connectivity index (χ4n) is 9.24. The summed E-state index contributed by atoms with van der Waals surface area (Å²) in [6, 6.07) is 74.3. The van der Waals surface area contributed by atoms with Gasteiger partial charge < -0.3 is 0 Å². The Morgan fingerprint density at radius 1 is 0.305 bits per heavy atom. The number of rotatable bonds is 6. The number of hydrogen-bond donors (Lipinski definition) is 0. The second-order valence-electron chi connectivity index (χ2n) is 16.2. The maximum absolute atomic E-state index is 5.41. The second-order valence-corrected chi connectivity index (χ2v) is 16.2. The Labute approximate surface area is 345 Å². The van der Waals surface area contributed by atoms with Crippen LogP contribution in [0.3, 0.4) is 0 Å². The molecule has 9 aromatic carbocycles. The summed E-state index contributed by atoms with van der Waals surface area (Å²) in [5.74, 6) is 0.704. The van der Waals surface area contributed by atoms with Crippen molar-refractivity contribution in [1.82, 2.24) is 9.97 Å². The van der Waals surface area contributed by atoms with Crippen LogP contribution in [0.5, 0.6) is 0 Å². The van der Waals surface area contributed by atoms with Crippen molar-refractivity contribution in [3.8, 4) is 78.4 Å². The summed E-state index contributed by atoms with van der Waals surface area (Å²) < 4.78 is 0. The average molecular weight is 753 g/mol. The zero-order valence-corrected chi connectivity index (χ0v) is 33.0. The molecule has 0 spiro atoms. The Morgan fingerprint density at radius 2 is 0.831 bits per heavy atom. The van der Waals surface area contributed by atoms with Gasteiger partial charge in [-0.2, -0.15) is 0 Å². The van der Waals surface area contributed by atoms with Crippen molar-refractivity contribution in [1.29, 1.82) is 0 Å². The first kappa shape index (κ1) is 34.8. The lowest BCUT2D eigenvalue weighted by Gasteiger charge is -2.22. The van der Waals surface area contributed by atoms with Crippen molar-refractivity contribution in [2.24, 2.45) is 0 Å². The largest absolute Gasteiger partial charge is 0.228 e. The highest BCUT2D eigenvalue weighted by Crippen LogP contribution is 2.51. The molecule has 1 aliphatic rings. The van der Waals surface area contributed by atoms with Gasteiger partial charge in [-0.15, -0.1) is 0 Å². The van der Waals surface area contributed by atoms with Crippen LogP contribution in [0.25, 0.3) is 100.0 Å². The number of aromatic nitrogens is 2. The van der Waals surface area contributed by atoms with Gasteiger partial charge in [-0.1, -0.05) is 190 Å². The first-order valence-electron chi connectivity index (χ1n) is 20.4. The van der Waals surface area contributed by atoms with Gasteiger partial charge in [0, 0.05) is 22.1 Å². The zero-order valence-electron chi connectivity index (χ0n) is 33.0. The molecule has 0 radical (unpaired) electrons. The van der Waals surface area contributed by atoms with Crippen molar-refractivity contribution < 1.29 is 0 Å². The van der Waals surface area contributed by atoms with E-state index in [1.165, 1.54) is 60.7 Å². The van der Waals surface area contributed by atoms with E-state index >= 15 is 0 Å². The highest BCUT2D eigenvalue weighted by molar-refractivity contribution is 6.05. The minimum Gasteiger partial charge on any atom is -0.228 e. The molecule has 0 saturated heterocycles. The number of nitrogens with zero attached hydrogens (tertiary/aromatic N) is 2. The van der Waals surface area contributed by atoms with Crippen molar-refractivity contribution in [2.45, 2.75) is 19.3 Å². The quantitative estimate of drug-likeness (QED) is 0.169. The predicted molar refractivity (Wildman–Crippen MR) is 247 cm³/mol. The van der Waals surface area contributed by atoms with Gasteiger partial charge in [-0.05, 0) is 108 Å². The highest BCUT2D eigenvalue weighted by atomic mass is 14.9. The molecule has 1 aromatic heterocycles. The Kier molecular flexibility index (Phi) is 8.20. The van der Waals surface area contributed by atoms with Gasteiger partial charge in [0.2, 0.25) is 0 Å². The van der Waals surface area contributed by atoms with E-state index in [4.69, 9.17) is 9.97 Å². The molecule has 1 heterocycles. The van der Waals surface area contributed by atoms with Gasteiger partial charge >= 0.3 is 0 Å². The third kappa shape index (κ3) is 5.96. The summed E-state index contributed by atoms with van der Waals surface area (Å²) in [4.78, 5) is 10.7. The third-order valence-corrected chi connectivity index (χ3v) is 12.3. The molecule has 0 unspecified atom stereocenters. The lowest BCUT2D eigenvalue weighted by Crippen LogP contribution is -2.14.